The molecule has 1 amide bonds. The van der Waals surface area contributed by atoms with E-state index in [1.807, 2.05) is 37.3 Å². The van der Waals surface area contributed by atoms with Gasteiger partial charge in [0.25, 0.3) is 0 Å². The van der Waals surface area contributed by atoms with Crippen LogP contribution in [-0.4, -0.2) is 16.4 Å². The smallest absolute Gasteiger partial charge is 0.325 e. The number of hydrogen-bond donors (Lipinski definition) is 2. The molecule has 3 rings (SSSR count). The van der Waals surface area contributed by atoms with Crippen molar-refractivity contribution < 1.29 is 18.4 Å². The Bertz CT molecular complexity index is 938. The van der Waals surface area contributed by atoms with Crippen molar-refractivity contribution in [3.8, 4) is 5.69 Å². The summed E-state index contributed by atoms with van der Waals surface area (Å²) < 4.78 is 19.4. The van der Waals surface area contributed by atoms with E-state index in [0.29, 0.717) is 12.1 Å². The minimum absolute atomic E-state index is 0.274. The third-order valence-corrected chi connectivity index (χ3v) is 5.06. The fraction of sp³-hybridized carbons (Fsp3) is 0.167. The van der Waals surface area contributed by atoms with Gasteiger partial charge in [-0.2, -0.15) is 0 Å². The molecule has 8 heteroatoms. The molecule has 2 N–H and O–H groups in total. The lowest BCUT2D eigenvalue weighted by Gasteiger charge is -2.12. The van der Waals surface area contributed by atoms with Crippen LogP contribution in [-0.2, 0) is 4.79 Å². The van der Waals surface area contributed by atoms with E-state index in [9.17, 15) is 14.0 Å². The summed E-state index contributed by atoms with van der Waals surface area (Å²) in [5, 5.41) is 5.04. The first kappa shape index (κ1) is 17.9. The first-order valence-corrected chi connectivity index (χ1v) is 8.88. The number of para-hydroxylation sites is 1. The molecule has 3 aromatic rings. The maximum absolute atomic E-state index is 13.0. The van der Waals surface area contributed by atoms with E-state index in [0.717, 1.165) is 17.4 Å². The fourth-order valence-corrected chi connectivity index (χ4v) is 3.31. The number of anilines is 1. The van der Waals surface area contributed by atoms with E-state index < -0.39 is 10.9 Å². The molecule has 0 saturated heterocycles. The number of halogens is 1. The average molecular weight is 374 g/mol. The van der Waals surface area contributed by atoms with Crippen LogP contribution >= 0.6 is 11.8 Å². The van der Waals surface area contributed by atoms with Gasteiger partial charge in [-0.15, -0.1) is 0 Å². The number of aromatic amines is 1. The molecule has 0 spiro atoms. The molecule has 1 aromatic heterocycles. The molecule has 1 atom stereocenters. The van der Waals surface area contributed by atoms with Gasteiger partial charge in [0, 0.05) is 17.8 Å². The topological polar surface area (TPSA) is 79.0 Å². The summed E-state index contributed by atoms with van der Waals surface area (Å²) in [6.45, 7) is 1.85. The second-order valence-electron chi connectivity index (χ2n) is 5.47. The van der Waals surface area contributed by atoms with E-state index in [4.69, 9.17) is 4.52 Å². The van der Waals surface area contributed by atoms with E-state index in [-0.39, 0.29) is 16.8 Å². The average Bonchev–Trinajstić information content (AvgIpc) is 3.02. The second kappa shape index (κ2) is 8.01. The molecule has 0 radical (unpaired) electrons. The molecular formula is C18H17FN3O3S+. The van der Waals surface area contributed by atoms with Gasteiger partial charge in [-0.25, -0.2) is 9.18 Å². The second-order valence-corrected chi connectivity index (χ2v) is 6.66. The molecule has 0 fully saturated rings. The maximum atomic E-state index is 13.0. The van der Waals surface area contributed by atoms with Crippen molar-refractivity contribution in [3.05, 3.63) is 70.8 Å². The van der Waals surface area contributed by atoms with Crippen LogP contribution < -0.4 is 15.6 Å². The largest absolute Gasteiger partial charge is 0.442 e. The number of rotatable bonds is 6. The number of nitrogens with zero attached hydrogens (tertiary/aromatic N) is 1. The van der Waals surface area contributed by atoms with Gasteiger partial charge >= 0.3 is 10.7 Å². The van der Waals surface area contributed by atoms with Crippen molar-refractivity contribution in [1.82, 2.24) is 5.27 Å². The molecule has 0 bridgehead atoms. The fourth-order valence-electron chi connectivity index (χ4n) is 2.32. The summed E-state index contributed by atoms with van der Waals surface area (Å²) in [6, 6.07) is 14.7. The lowest BCUT2D eigenvalue weighted by atomic mass is 10.2. The quantitative estimate of drug-likeness (QED) is 0.514. The van der Waals surface area contributed by atoms with Crippen LogP contribution in [0, 0.1) is 5.82 Å². The highest BCUT2D eigenvalue weighted by Crippen LogP contribution is 2.22. The van der Waals surface area contributed by atoms with Crippen LogP contribution in [0.3, 0.4) is 0 Å². The third kappa shape index (κ3) is 4.02. The van der Waals surface area contributed by atoms with Crippen molar-refractivity contribution in [3.63, 3.8) is 0 Å². The lowest BCUT2D eigenvalue weighted by Crippen LogP contribution is -2.37. The van der Waals surface area contributed by atoms with Gasteiger partial charge in [-0.1, -0.05) is 25.1 Å². The van der Waals surface area contributed by atoms with E-state index in [2.05, 4.69) is 10.6 Å². The molecule has 134 valence electrons. The molecule has 6 nitrogen and oxygen atoms in total. The highest BCUT2D eigenvalue weighted by Gasteiger charge is 2.30. The Morgan fingerprint density at radius 3 is 2.58 bits per heavy atom. The summed E-state index contributed by atoms with van der Waals surface area (Å²) in [6.07, 6.45) is 0.497. The van der Waals surface area contributed by atoms with Crippen LogP contribution in [0.25, 0.3) is 5.69 Å². The van der Waals surface area contributed by atoms with Gasteiger partial charge in [-0.3, -0.25) is 9.32 Å². The number of H-pyrrole nitrogens is 1. The van der Waals surface area contributed by atoms with E-state index >= 15 is 0 Å². The van der Waals surface area contributed by atoms with Crippen molar-refractivity contribution >= 4 is 23.4 Å². The van der Waals surface area contributed by atoms with Crippen LogP contribution in [0.15, 0.2) is 68.9 Å². The number of thioether (sulfide) groups is 1. The van der Waals surface area contributed by atoms with Gasteiger partial charge in [-0.05, 0) is 52.4 Å². The highest BCUT2D eigenvalue weighted by atomic mass is 32.2. The van der Waals surface area contributed by atoms with Gasteiger partial charge in [0.2, 0.25) is 11.6 Å². The number of nitrogens with one attached hydrogen (secondary N) is 2. The summed E-state index contributed by atoms with van der Waals surface area (Å²) in [5.74, 6) is -0.650. The monoisotopic (exact) mass is 374 g/mol. The molecule has 26 heavy (non-hydrogen) atoms. The zero-order chi connectivity index (χ0) is 18.5. The van der Waals surface area contributed by atoms with Crippen molar-refractivity contribution in [2.24, 2.45) is 0 Å². The van der Waals surface area contributed by atoms with Gasteiger partial charge < -0.3 is 5.32 Å². The Balaban J connectivity index is 1.80. The minimum atomic E-state index is -0.549. The summed E-state index contributed by atoms with van der Waals surface area (Å²) in [7, 11) is 0. The molecular weight excluding hydrogens is 357 g/mol. The van der Waals surface area contributed by atoms with Crippen LogP contribution in [0.2, 0.25) is 0 Å². The number of carbonyl (C=O) groups excluding carboxylic acids is 1. The molecule has 2 aromatic carbocycles. The molecule has 0 aliphatic carbocycles. The normalized spacial score (nSPS) is 11.9. The SMILES string of the molecule is CCC(Sc1c(=O)o[nH][n+]1-c1ccccc1)C(=O)Nc1ccc(F)cc1. The highest BCUT2D eigenvalue weighted by molar-refractivity contribution is 8.00. The number of amides is 1. The predicted molar refractivity (Wildman–Crippen MR) is 95.8 cm³/mol. The Kier molecular flexibility index (Phi) is 5.52. The molecule has 0 saturated carbocycles. The maximum Gasteiger partial charge on any atom is 0.442 e. The number of hydrogen-bond acceptors (Lipinski definition) is 4. The molecule has 0 aliphatic rings. The first-order chi connectivity index (χ1) is 12.6. The minimum Gasteiger partial charge on any atom is -0.325 e. The summed E-state index contributed by atoms with van der Waals surface area (Å²) in [5.41, 5.74) is 0.661. The lowest BCUT2D eigenvalue weighted by molar-refractivity contribution is -0.704. The van der Waals surface area contributed by atoms with Crippen LogP contribution in [0.4, 0.5) is 10.1 Å². The number of aromatic nitrogens is 2. The van der Waals surface area contributed by atoms with E-state index in [1.54, 1.807) is 0 Å². The van der Waals surface area contributed by atoms with Crippen molar-refractivity contribution in [1.29, 1.82) is 0 Å². The van der Waals surface area contributed by atoms with Gasteiger partial charge in [0.1, 0.15) is 5.82 Å². The van der Waals surface area contributed by atoms with Crippen LogP contribution in [0.5, 0.6) is 0 Å². The predicted octanol–water partition coefficient (Wildman–Crippen LogP) is 2.89. The van der Waals surface area contributed by atoms with Gasteiger partial charge in [0.05, 0.1) is 5.25 Å². The zero-order valence-corrected chi connectivity index (χ0v) is 14.8. The molecule has 1 heterocycles. The third-order valence-electron chi connectivity index (χ3n) is 3.65. The number of benzene rings is 2. The van der Waals surface area contributed by atoms with Crippen molar-refractivity contribution in [2.75, 3.05) is 5.32 Å². The summed E-state index contributed by atoms with van der Waals surface area (Å²) >= 11 is 1.11. The Labute approximate surface area is 153 Å². The van der Waals surface area contributed by atoms with Gasteiger partial charge in [0.15, 0.2) is 0 Å². The first-order valence-electron chi connectivity index (χ1n) is 8.00. The number of carbonyl (C=O) groups is 1. The van der Waals surface area contributed by atoms with Crippen molar-refractivity contribution in [2.45, 2.75) is 23.6 Å². The molecule has 1 unspecified atom stereocenters. The Morgan fingerprint density at radius 2 is 1.92 bits per heavy atom. The van der Waals surface area contributed by atoms with Crippen LogP contribution in [0.1, 0.15) is 13.3 Å². The summed E-state index contributed by atoms with van der Waals surface area (Å²) in [4.78, 5) is 24.6. The van der Waals surface area contributed by atoms with E-state index in [1.165, 1.54) is 28.9 Å². The zero-order valence-electron chi connectivity index (χ0n) is 13.9. The Hall–Kier alpha value is -2.87. The Morgan fingerprint density at radius 1 is 1.23 bits per heavy atom. The standard InChI is InChI=1S/C18H16FN3O3S/c1-2-15(16(23)20-13-10-8-12(19)9-11-13)26-17-18(24)25-21-22(17)14-6-4-3-5-7-14/h3-11,15H,2H2,1H3,(H-,20,21,23,24)/p+1. The molecule has 0 aliphatic heterocycles.